The van der Waals surface area contributed by atoms with Gasteiger partial charge >= 0.3 is 11.7 Å². The number of hydrogen-bond acceptors (Lipinski definition) is 4. The summed E-state index contributed by atoms with van der Waals surface area (Å²) >= 11 is 18.0. The van der Waals surface area contributed by atoms with Gasteiger partial charge in [-0.25, -0.2) is 8.78 Å². The van der Waals surface area contributed by atoms with Crippen molar-refractivity contribution in [1.29, 1.82) is 0 Å². The molecule has 3 aromatic carbocycles. The summed E-state index contributed by atoms with van der Waals surface area (Å²) in [4.78, 5) is 38.0. The highest BCUT2D eigenvalue weighted by Crippen LogP contribution is 2.65. The summed E-state index contributed by atoms with van der Waals surface area (Å²) < 4.78 is 104. The number of rotatable bonds is 10. The SMILES string of the molecule is O=C(CSC(F)(F)F)Cc1c(F)ccc(CC(=O)c2cc(NC(=O)[C@H]3[C@H](c4cccc(C(F)(F)F)c4)C3(Cl)Cl)ccc2Cl)c1F. The molecule has 16 heteroatoms. The number of benzene rings is 3. The Labute approximate surface area is 269 Å². The molecule has 240 valence electrons. The van der Waals surface area contributed by atoms with Crippen molar-refractivity contribution < 1.29 is 49.5 Å². The number of hydrogen-bond donors (Lipinski definition) is 1. The average molecular weight is 719 g/mol. The Morgan fingerprint density at radius 1 is 0.911 bits per heavy atom. The fourth-order valence-corrected chi connectivity index (χ4v) is 6.11. The number of alkyl halides is 8. The molecular formula is C29H18Cl3F8NO3S. The molecule has 1 aliphatic carbocycles. The van der Waals surface area contributed by atoms with Gasteiger partial charge in [-0.3, -0.25) is 14.4 Å². The van der Waals surface area contributed by atoms with E-state index in [1.807, 2.05) is 0 Å². The third-order valence-corrected chi connectivity index (χ3v) is 8.89. The molecule has 0 aromatic heterocycles. The number of amides is 1. The van der Waals surface area contributed by atoms with Gasteiger partial charge in [0.25, 0.3) is 0 Å². The summed E-state index contributed by atoms with van der Waals surface area (Å²) in [7, 11) is 0. The zero-order valence-corrected chi connectivity index (χ0v) is 25.3. The molecular weight excluding hydrogens is 701 g/mol. The highest BCUT2D eigenvalue weighted by molar-refractivity contribution is 8.00. The van der Waals surface area contributed by atoms with Crippen molar-refractivity contribution in [3.05, 3.63) is 99.1 Å². The van der Waals surface area contributed by atoms with Crippen molar-refractivity contribution in [1.82, 2.24) is 0 Å². The van der Waals surface area contributed by atoms with Crippen LogP contribution in [0.2, 0.25) is 5.02 Å². The van der Waals surface area contributed by atoms with Gasteiger partial charge in [0, 0.05) is 35.6 Å². The van der Waals surface area contributed by atoms with E-state index in [1.54, 1.807) is 0 Å². The summed E-state index contributed by atoms with van der Waals surface area (Å²) in [5.41, 5.74) is -6.94. The molecule has 0 spiro atoms. The summed E-state index contributed by atoms with van der Waals surface area (Å²) in [6, 6.07) is 9.60. The van der Waals surface area contributed by atoms with Crippen LogP contribution in [0.3, 0.4) is 0 Å². The number of ketones is 2. The van der Waals surface area contributed by atoms with Crippen LogP contribution in [0.4, 0.5) is 40.8 Å². The van der Waals surface area contributed by atoms with Gasteiger partial charge < -0.3 is 5.32 Å². The minimum Gasteiger partial charge on any atom is -0.326 e. The number of halogens is 11. The van der Waals surface area contributed by atoms with Crippen molar-refractivity contribution in [3.63, 3.8) is 0 Å². The first kappa shape index (κ1) is 35.0. The third kappa shape index (κ3) is 8.30. The van der Waals surface area contributed by atoms with Gasteiger partial charge in [-0.05, 0) is 53.2 Å². The number of carbonyl (C=O) groups is 3. The van der Waals surface area contributed by atoms with Crippen LogP contribution in [-0.2, 0) is 28.6 Å². The summed E-state index contributed by atoms with van der Waals surface area (Å²) in [6.45, 7) is 0. The molecule has 0 heterocycles. The fourth-order valence-electron chi connectivity index (χ4n) is 4.64. The van der Waals surface area contributed by atoms with E-state index in [9.17, 15) is 45.1 Å². The lowest BCUT2D eigenvalue weighted by Crippen LogP contribution is -2.18. The Morgan fingerprint density at radius 2 is 1.60 bits per heavy atom. The zero-order valence-electron chi connectivity index (χ0n) is 22.3. The van der Waals surface area contributed by atoms with Crippen LogP contribution in [0.5, 0.6) is 0 Å². The van der Waals surface area contributed by atoms with Crippen LogP contribution in [-0.4, -0.2) is 33.1 Å². The predicted octanol–water partition coefficient (Wildman–Crippen LogP) is 8.95. The van der Waals surface area contributed by atoms with Gasteiger partial charge in [0.05, 0.1) is 22.3 Å². The Bertz CT molecular complexity index is 1660. The van der Waals surface area contributed by atoms with E-state index in [2.05, 4.69) is 5.32 Å². The molecule has 1 amide bonds. The highest BCUT2D eigenvalue weighted by Gasteiger charge is 2.67. The molecule has 1 N–H and O–H groups in total. The lowest BCUT2D eigenvalue weighted by molar-refractivity contribution is -0.137. The number of anilines is 1. The number of carbonyl (C=O) groups excluding carboxylic acids is 3. The number of thioether (sulfide) groups is 1. The lowest BCUT2D eigenvalue weighted by Gasteiger charge is -2.12. The van der Waals surface area contributed by atoms with Gasteiger partial charge in [-0.15, -0.1) is 23.2 Å². The van der Waals surface area contributed by atoms with Crippen molar-refractivity contribution in [3.8, 4) is 0 Å². The fraction of sp³-hybridized carbons (Fsp3) is 0.276. The minimum atomic E-state index is -4.71. The Morgan fingerprint density at radius 3 is 2.24 bits per heavy atom. The molecule has 0 saturated heterocycles. The molecule has 0 bridgehead atoms. The van der Waals surface area contributed by atoms with Crippen LogP contribution in [0.25, 0.3) is 0 Å². The number of Topliss-reactive ketones (excluding diaryl/α,β-unsaturated/α-hetero) is 2. The Kier molecular flexibility index (Phi) is 10.2. The van der Waals surface area contributed by atoms with Crippen molar-refractivity contribution in [2.75, 3.05) is 11.1 Å². The van der Waals surface area contributed by atoms with E-state index in [0.717, 1.165) is 36.4 Å². The average Bonchev–Trinajstić information content (AvgIpc) is 3.53. The second-order valence-electron chi connectivity index (χ2n) is 9.99. The van der Waals surface area contributed by atoms with Crippen LogP contribution in [0, 0.1) is 17.6 Å². The molecule has 45 heavy (non-hydrogen) atoms. The summed E-state index contributed by atoms with van der Waals surface area (Å²) in [6.07, 6.45) is -6.31. The van der Waals surface area contributed by atoms with Crippen LogP contribution in [0.1, 0.15) is 38.5 Å². The van der Waals surface area contributed by atoms with E-state index in [1.165, 1.54) is 18.2 Å². The molecule has 0 unspecified atom stereocenters. The largest absolute Gasteiger partial charge is 0.442 e. The third-order valence-electron chi connectivity index (χ3n) is 6.83. The molecule has 4 rings (SSSR count). The maximum Gasteiger partial charge on any atom is 0.442 e. The molecule has 3 aromatic rings. The molecule has 1 saturated carbocycles. The normalized spacial score (nSPS) is 17.6. The summed E-state index contributed by atoms with van der Waals surface area (Å²) in [5.74, 6) is -8.34. The first-order chi connectivity index (χ1) is 20.8. The van der Waals surface area contributed by atoms with Crippen molar-refractivity contribution in [2.45, 2.75) is 34.8 Å². The predicted molar refractivity (Wildman–Crippen MR) is 154 cm³/mol. The van der Waals surface area contributed by atoms with E-state index in [4.69, 9.17) is 34.8 Å². The number of nitrogens with one attached hydrogen (secondary N) is 1. The first-order valence-corrected chi connectivity index (χ1v) is 14.8. The zero-order chi connectivity index (χ0) is 33.5. The van der Waals surface area contributed by atoms with Crippen LogP contribution < -0.4 is 5.32 Å². The standard InChI is InChI=1S/C29H18Cl3F8NO3S/c30-20-6-5-16(41-26(44)24-23(27(24,31)32)13-2-1-3-15(8-13)28(35,36)37)10-18(20)22(43)9-14-4-7-21(33)19(25(14)34)11-17(42)12-45-29(38,39)40/h1-8,10,23-24H,9,11-12H2,(H,41,44)/t23-,24+/m0/s1. The van der Waals surface area contributed by atoms with E-state index < -0.39 is 98.4 Å². The van der Waals surface area contributed by atoms with E-state index in [-0.39, 0.29) is 27.4 Å². The van der Waals surface area contributed by atoms with E-state index >= 15 is 4.39 Å². The van der Waals surface area contributed by atoms with Crippen LogP contribution in [0.15, 0.2) is 54.6 Å². The van der Waals surface area contributed by atoms with Gasteiger partial charge in [-0.2, -0.15) is 26.3 Å². The van der Waals surface area contributed by atoms with Crippen LogP contribution >= 0.6 is 46.6 Å². The minimum absolute atomic E-state index is 0.0135. The van der Waals surface area contributed by atoms with Crippen molar-refractivity contribution in [2.24, 2.45) is 5.92 Å². The second-order valence-corrected chi connectivity index (χ2v) is 12.9. The van der Waals surface area contributed by atoms with Gasteiger partial charge in [0.15, 0.2) is 5.78 Å². The molecule has 1 fully saturated rings. The Balaban J connectivity index is 1.48. The molecule has 4 nitrogen and oxygen atoms in total. The monoisotopic (exact) mass is 717 g/mol. The lowest BCUT2D eigenvalue weighted by atomic mass is 9.98. The smallest absolute Gasteiger partial charge is 0.326 e. The molecule has 0 radical (unpaired) electrons. The quantitative estimate of drug-likeness (QED) is 0.129. The first-order valence-electron chi connectivity index (χ1n) is 12.7. The molecule has 0 aliphatic heterocycles. The second kappa shape index (κ2) is 13.1. The molecule has 2 atom stereocenters. The molecule has 1 aliphatic rings. The summed E-state index contributed by atoms with van der Waals surface area (Å²) in [5, 5.41) is 2.36. The van der Waals surface area contributed by atoms with Gasteiger partial charge in [0.1, 0.15) is 21.8 Å². The maximum absolute atomic E-state index is 15.1. The van der Waals surface area contributed by atoms with E-state index in [0.29, 0.717) is 0 Å². The highest BCUT2D eigenvalue weighted by atomic mass is 35.5. The maximum atomic E-state index is 15.1. The topological polar surface area (TPSA) is 63.2 Å². The Hall–Kier alpha value is -2.87. The van der Waals surface area contributed by atoms with Crippen molar-refractivity contribution >= 4 is 69.7 Å². The van der Waals surface area contributed by atoms with Gasteiger partial charge in [-0.1, -0.05) is 35.9 Å². The van der Waals surface area contributed by atoms with Gasteiger partial charge in [0.2, 0.25) is 5.91 Å².